The predicted molar refractivity (Wildman–Crippen MR) is 156 cm³/mol. The number of halogens is 1. The zero-order valence-electron chi connectivity index (χ0n) is 21.6. The molecule has 3 aromatic carbocycles. The van der Waals surface area contributed by atoms with Gasteiger partial charge in [-0.2, -0.15) is 11.8 Å². The molecule has 0 aliphatic heterocycles. The molecule has 1 unspecified atom stereocenters. The summed E-state index contributed by atoms with van der Waals surface area (Å²) in [6, 6.07) is 19.1. The van der Waals surface area contributed by atoms with E-state index in [1.807, 2.05) is 62.6 Å². The number of hydrogen-bond acceptors (Lipinski definition) is 5. The quantitative estimate of drug-likeness (QED) is 0.230. The number of carbonyl (C=O) groups is 1. The maximum absolute atomic E-state index is 13.7. The highest BCUT2D eigenvalue weighted by atomic mass is 35.5. The van der Waals surface area contributed by atoms with Crippen molar-refractivity contribution in [2.45, 2.75) is 37.6 Å². The highest BCUT2D eigenvalue weighted by Gasteiger charge is 2.27. The number of nitrogens with zero attached hydrogens (tertiary/aromatic N) is 2. The van der Waals surface area contributed by atoms with Crippen LogP contribution in [0.15, 0.2) is 71.6 Å². The second-order valence-electron chi connectivity index (χ2n) is 9.17. The number of aromatic nitrogens is 2. The molecule has 0 radical (unpaired) electrons. The van der Waals surface area contributed by atoms with Crippen molar-refractivity contribution in [3.05, 3.63) is 88.7 Å². The van der Waals surface area contributed by atoms with Gasteiger partial charge in [-0.25, -0.2) is 13.4 Å². The minimum absolute atomic E-state index is 0.0181. The van der Waals surface area contributed by atoms with Gasteiger partial charge in [0, 0.05) is 18.0 Å². The minimum atomic E-state index is -3.94. The third kappa shape index (κ3) is 6.70. The van der Waals surface area contributed by atoms with Gasteiger partial charge in [-0.05, 0) is 91.9 Å². The Balaban J connectivity index is 1.57. The number of carbonyl (C=O) groups excluding carboxylic acids is 1. The van der Waals surface area contributed by atoms with Crippen molar-refractivity contribution in [2.24, 2.45) is 0 Å². The average Bonchev–Trinajstić information content (AvgIpc) is 3.30. The molecule has 0 aliphatic carbocycles. The standard InChI is InChI=1S/C28H31ClN4O3S2/c1-19-16-20(2)18-22(17-19)33(38(35,36)23-10-8-21(29)9-11-23)14-12-27(34)30-26(13-15-37-3)28-31-24-6-4-5-7-25(24)32-28/h4-11,16-18,26H,12-15H2,1-3H3,(H,30,34)(H,31,32). The Bertz CT molecular complexity index is 1470. The number of thioether (sulfide) groups is 1. The van der Waals surface area contributed by atoms with Gasteiger partial charge in [-0.15, -0.1) is 0 Å². The van der Waals surface area contributed by atoms with Crippen LogP contribution in [0.3, 0.4) is 0 Å². The van der Waals surface area contributed by atoms with Gasteiger partial charge in [-0.3, -0.25) is 9.10 Å². The summed E-state index contributed by atoms with van der Waals surface area (Å²) in [5.74, 6) is 1.27. The number of rotatable bonds is 11. The molecule has 10 heteroatoms. The zero-order valence-corrected chi connectivity index (χ0v) is 24.0. The lowest BCUT2D eigenvalue weighted by molar-refractivity contribution is -0.121. The molecule has 1 heterocycles. The number of H-pyrrole nitrogens is 1. The smallest absolute Gasteiger partial charge is 0.264 e. The summed E-state index contributed by atoms with van der Waals surface area (Å²) in [6.07, 6.45) is 2.69. The molecule has 1 atom stereocenters. The second-order valence-corrected chi connectivity index (χ2v) is 12.5. The number of imidazole rings is 1. The Morgan fingerprint density at radius 2 is 1.76 bits per heavy atom. The van der Waals surface area contributed by atoms with E-state index in [2.05, 4.69) is 15.3 Å². The number of anilines is 1. The van der Waals surface area contributed by atoms with Crippen LogP contribution in [0.25, 0.3) is 11.0 Å². The first-order valence-corrected chi connectivity index (χ1v) is 15.5. The number of hydrogen-bond donors (Lipinski definition) is 2. The number of aryl methyl sites for hydroxylation is 2. The third-order valence-corrected chi connectivity index (χ3v) is 8.86. The first kappa shape index (κ1) is 28.0. The minimum Gasteiger partial charge on any atom is -0.346 e. The predicted octanol–water partition coefficient (Wildman–Crippen LogP) is 6.03. The highest BCUT2D eigenvalue weighted by Crippen LogP contribution is 2.27. The lowest BCUT2D eigenvalue weighted by Crippen LogP contribution is -2.36. The van der Waals surface area contributed by atoms with Crippen LogP contribution in [0.2, 0.25) is 5.02 Å². The number of nitrogens with one attached hydrogen (secondary N) is 2. The van der Waals surface area contributed by atoms with E-state index >= 15 is 0 Å². The van der Waals surface area contributed by atoms with Crippen molar-refractivity contribution >= 4 is 56.0 Å². The van der Waals surface area contributed by atoms with Crippen LogP contribution < -0.4 is 9.62 Å². The summed E-state index contributed by atoms with van der Waals surface area (Å²) < 4.78 is 28.7. The molecule has 4 rings (SSSR count). The van der Waals surface area contributed by atoms with Crippen molar-refractivity contribution in [1.29, 1.82) is 0 Å². The van der Waals surface area contributed by atoms with E-state index in [0.717, 1.165) is 27.9 Å². The lowest BCUT2D eigenvalue weighted by atomic mass is 10.1. The van der Waals surface area contributed by atoms with Crippen LogP contribution in [0.4, 0.5) is 5.69 Å². The fourth-order valence-electron chi connectivity index (χ4n) is 4.34. The van der Waals surface area contributed by atoms with Crippen molar-refractivity contribution < 1.29 is 13.2 Å². The maximum atomic E-state index is 13.7. The first-order valence-electron chi connectivity index (χ1n) is 12.3. The summed E-state index contributed by atoms with van der Waals surface area (Å²) in [6.45, 7) is 3.81. The van der Waals surface area contributed by atoms with Crippen LogP contribution >= 0.6 is 23.4 Å². The number of sulfonamides is 1. The molecule has 0 saturated heterocycles. The van der Waals surface area contributed by atoms with Gasteiger partial charge in [0.2, 0.25) is 5.91 Å². The molecule has 200 valence electrons. The maximum Gasteiger partial charge on any atom is 0.264 e. The van der Waals surface area contributed by atoms with Crippen LogP contribution in [0.5, 0.6) is 0 Å². The molecule has 0 fully saturated rings. The van der Waals surface area contributed by atoms with E-state index in [-0.39, 0.29) is 29.8 Å². The summed E-state index contributed by atoms with van der Waals surface area (Å²) in [5.41, 5.74) is 4.12. The summed E-state index contributed by atoms with van der Waals surface area (Å²) in [4.78, 5) is 21.3. The number of para-hydroxylation sites is 2. The summed E-state index contributed by atoms with van der Waals surface area (Å²) in [7, 11) is -3.94. The van der Waals surface area contributed by atoms with E-state index in [1.165, 1.54) is 16.4 Å². The van der Waals surface area contributed by atoms with Gasteiger partial charge in [0.15, 0.2) is 0 Å². The van der Waals surface area contributed by atoms with Crippen LogP contribution in [-0.2, 0) is 14.8 Å². The molecule has 0 spiro atoms. The van der Waals surface area contributed by atoms with Gasteiger partial charge in [0.05, 0.1) is 27.7 Å². The van der Waals surface area contributed by atoms with E-state index in [4.69, 9.17) is 11.6 Å². The molecular weight excluding hydrogens is 540 g/mol. The summed E-state index contributed by atoms with van der Waals surface area (Å²) in [5, 5.41) is 3.52. The third-order valence-electron chi connectivity index (χ3n) is 6.12. The van der Waals surface area contributed by atoms with E-state index in [0.29, 0.717) is 23.0 Å². The van der Waals surface area contributed by atoms with Crippen LogP contribution in [0.1, 0.15) is 35.8 Å². The molecule has 38 heavy (non-hydrogen) atoms. The molecule has 1 aromatic heterocycles. The van der Waals surface area contributed by atoms with Crippen molar-refractivity contribution in [2.75, 3.05) is 22.9 Å². The molecular formula is C28H31ClN4O3S2. The number of fused-ring (bicyclic) bond motifs is 1. The summed E-state index contributed by atoms with van der Waals surface area (Å²) >= 11 is 7.68. The van der Waals surface area contributed by atoms with Gasteiger partial charge in [0.25, 0.3) is 10.0 Å². The van der Waals surface area contributed by atoms with Crippen LogP contribution in [-0.4, -0.2) is 42.8 Å². The Hall–Kier alpha value is -3.01. The molecule has 7 nitrogen and oxygen atoms in total. The fourth-order valence-corrected chi connectivity index (χ4v) is 6.38. The largest absolute Gasteiger partial charge is 0.346 e. The van der Waals surface area contributed by atoms with Crippen molar-refractivity contribution in [1.82, 2.24) is 15.3 Å². The topological polar surface area (TPSA) is 95.2 Å². The Labute approximate surface area is 233 Å². The monoisotopic (exact) mass is 570 g/mol. The first-order chi connectivity index (χ1) is 18.2. The van der Waals surface area contributed by atoms with E-state index < -0.39 is 10.0 Å². The van der Waals surface area contributed by atoms with Crippen LogP contribution in [0, 0.1) is 13.8 Å². The fraction of sp³-hybridized carbons (Fsp3) is 0.286. The lowest BCUT2D eigenvalue weighted by Gasteiger charge is -2.26. The Morgan fingerprint density at radius 3 is 2.42 bits per heavy atom. The molecule has 4 aromatic rings. The molecule has 2 N–H and O–H groups in total. The number of amides is 1. The highest BCUT2D eigenvalue weighted by molar-refractivity contribution is 7.98. The van der Waals surface area contributed by atoms with Gasteiger partial charge in [0.1, 0.15) is 5.82 Å². The number of benzene rings is 3. The Morgan fingerprint density at radius 1 is 1.08 bits per heavy atom. The van der Waals surface area contributed by atoms with Crippen molar-refractivity contribution in [3.63, 3.8) is 0 Å². The zero-order chi connectivity index (χ0) is 27.3. The van der Waals surface area contributed by atoms with Gasteiger partial charge in [-0.1, -0.05) is 29.8 Å². The van der Waals surface area contributed by atoms with Crippen molar-refractivity contribution in [3.8, 4) is 0 Å². The molecule has 0 bridgehead atoms. The van der Waals surface area contributed by atoms with E-state index in [1.54, 1.807) is 23.9 Å². The Kier molecular flexibility index (Phi) is 9.02. The molecule has 0 saturated carbocycles. The number of aromatic amines is 1. The second kappa shape index (κ2) is 12.2. The molecule has 0 aliphatic rings. The normalized spacial score (nSPS) is 12.4. The molecule has 1 amide bonds. The van der Waals surface area contributed by atoms with E-state index in [9.17, 15) is 13.2 Å². The SMILES string of the molecule is CSCCC(NC(=O)CCN(c1cc(C)cc(C)c1)S(=O)(=O)c1ccc(Cl)cc1)c1nc2ccccc2[nH]1. The average molecular weight is 571 g/mol. The van der Waals surface area contributed by atoms with Gasteiger partial charge >= 0.3 is 0 Å². The van der Waals surface area contributed by atoms with Gasteiger partial charge < -0.3 is 10.3 Å².